The van der Waals surface area contributed by atoms with Crippen molar-refractivity contribution < 1.29 is 13.9 Å². The van der Waals surface area contributed by atoms with Crippen LogP contribution in [0.4, 0.5) is 9.18 Å². The van der Waals surface area contributed by atoms with Crippen molar-refractivity contribution in [2.45, 2.75) is 59.4 Å². The number of nitrogens with zero attached hydrogens (tertiary/aromatic N) is 1. The minimum Gasteiger partial charge on any atom is -0.444 e. The molecule has 1 saturated heterocycles. The van der Waals surface area contributed by atoms with Crippen LogP contribution in [0.2, 0.25) is 0 Å². The van der Waals surface area contributed by atoms with E-state index in [0.717, 1.165) is 25.9 Å². The Bertz CT molecular complexity index is 428. The third-order valence-electron chi connectivity index (χ3n) is 4.59. The number of hydrogen-bond acceptors (Lipinski definition) is 3. The molecule has 1 saturated carbocycles. The molecule has 0 aromatic heterocycles. The summed E-state index contributed by atoms with van der Waals surface area (Å²) in [6.45, 7) is 10.8. The fraction of sp³-hybridized carbons (Fsp3) is 0.824. The predicted molar refractivity (Wildman–Crippen MR) is 85.0 cm³/mol. The first-order valence-corrected chi connectivity index (χ1v) is 8.20. The molecule has 2 fully saturated rings. The molecule has 2 rings (SSSR count). The molecular weight excluding hydrogens is 283 g/mol. The highest BCUT2D eigenvalue weighted by atomic mass is 19.1. The zero-order valence-electron chi connectivity index (χ0n) is 14.4. The molecule has 0 aromatic carbocycles. The first-order chi connectivity index (χ1) is 10.2. The molecule has 0 bridgehead atoms. The molecule has 22 heavy (non-hydrogen) atoms. The lowest BCUT2D eigenvalue weighted by Crippen LogP contribution is -2.36. The highest BCUT2D eigenvalue weighted by molar-refractivity contribution is 5.68. The molecule has 4 nitrogen and oxygen atoms in total. The smallest absolute Gasteiger partial charge is 0.410 e. The van der Waals surface area contributed by atoms with Crippen LogP contribution in [0.5, 0.6) is 0 Å². The fourth-order valence-corrected chi connectivity index (χ4v) is 3.51. The van der Waals surface area contributed by atoms with Crippen LogP contribution in [0.25, 0.3) is 0 Å². The fourth-order valence-electron chi connectivity index (χ4n) is 3.51. The van der Waals surface area contributed by atoms with Gasteiger partial charge in [0.25, 0.3) is 0 Å². The summed E-state index contributed by atoms with van der Waals surface area (Å²) in [6, 6.07) is 0. The van der Waals surface area contributed by atoms with Gasteiger partial charge >= 0.3 is 6.09 Å². The van der Waals surface area contributed by atoms with E-state index in [-0.39, 0.29) is 6.09 Å². The summed E-state index contributed by atoms with van der Waals surface area (Å²) in [5.74, 6) is 1.59. The Labute approximate surface area is 133 Å². The van der Waals surface area contributed by atoms with Crippen LogP contribution in [0.1, 0.15) is 47.5 Å². The SMILES string of the molecule is C/C(=C\NC(C)F)C1CC2CN(C(=O)OC(C)(C)C)CC2C1. The van der Waals surface area contributed by atoms with Crippen molar-refractivity contribution >= 4 is 6.09 Å². The van der Waals surface area contributed by atoms with E-state index in [1.165, 1.54) is 12.5 Å². The van der Waals surface area contributed by atoms with Gasteiger partial charge in [0, 0.05) is 13.1 Å². The largest absolute Gasteiger partial charge is 0.444 e. The number of allylic oxidation sites excluding steroid dienone is 1. The molecular formula is C17H29FN2O2. The van der Waals surface area contributed by atoms with E-state index in [0.29, 0.717) is 17.8 Å². The molecule has 1 N–H and O–H groups in total. The molecule has 3 unspecified atom stereocenters. The van der Waals surface area contributed by atoms with Crippen LogP contribution in [0.3, 0.4) is 0 Å². The van der Waals surface area contributed by atoms with Gasteiger partial charge in [-0.2, -0.15) is 0 Å². The molecule has 0 aromatic rings. The summed E-state index contributed by atoms with van der Waals surface area (Å²) in [6.07, 6.45) is 2.75. The van der Waals surface area contributed by atoms with Gasteiger partial charge in [0.2, 0.25) is 0 Å². The zero-order chi connectivity index (χ0) is 16.5. The van der Waals surface area contributed by atoms with E-state index in [1.807, 2.05) is 31.9 Å². The summed E-state index contributed by atoms with van der Waals surface area (Å²) < 4.78 is 18.3. The Morgan fingerprint density at radius 2 is 1.86 bits per heavy atom. The number of amides is 1. The summed E-state index contributed by atoms with van der Waals surface area (Å²) in [7, 11) is 0. The lowest BCUT2D eigenvalue weighted by atomic mass is 9.98. The van der Waals surface area contributed by atoms with Crippen LogP contribution in [-0.2, 0) is 4.74 Å². The first kappa shape index (κ1) is 17.1. The average Bonchev–Trinajstić information content (AvgIpc) is 2.91. The number of carbonyl (C=O) groups excluding carboxylic acids is 1. The second-order valence-electron chi connectivity index (χ2n) is 7.74. The third kappa shape index (κ3) is 4.37. The monoisotopic (exact) mass is 312 g/mol. The van der Waals surface area contributed by atoms with Crippen LogP contribution in [0.15, 0.2) is 11.8 Å². The molecule has 1 heterocycles. The second kappa shape index (κ2) is 6.47. The number of rotatable bonds is 3. The highest BCUT2D eigenvalue weighted by Crippen LogP contribution is 2.44. The van der Waals surface area contributed by atoms with E-state index in [9.17, 15) is 9.18 Å². The molecule has 126 valence electrons. The van der Waals surface area contributed by atoms with Gasteiger partial charge in [-0.1, -0.05) is 5.57 Å². The summed E-state index contributed by atoms with van der Waals surface area (Å²) in [5, 5.41) is 2.73. The van der Waals surface area contributed by atoms with E-state index in [4.69, 9.17) is 4.74 Å². The molecule has 1 aliphatic carbocycles. The lowest BCUT2D eigenvalue weighted by molar-refractivity contribution is 0.0278. The maximum Gasteiger partial charge on any atom is 0.410 e. The predicted octanol–water partition coefficient (Wildman–Crippen LogP) is 3.69. The maximum absolute atomic E-state index is 12.8. The number of fused-ring (bicyclic) bond motifs is 1. The quantitative estimate of drug-likeness (QED) is 0.808. The molecule has 5 heteroatoms. The van der Waals surface area contributed by atoms with Crippen LogP contribution < -0.4 is 5.32 Å². The maximum atomic E-state index is 12.8. The molecule has 0 spiro atoms. The number of ether oxygens (including phenoxy) is 1. The van der Waals surface area contributed by atoms with Gasteiger partial charge in [0.15, 0.2) is 6.30 Å². The molecule has 2 aliphatic rings. The summed E-state index contributed by atoms with van der Waals surface area (Å²) in [4.78, 5) is 14.0. The highest BCUT2D eigenvalue weighted by Gasteiger charge is 2.43. The summed E-state index contributed by atoms with van der Waals surface area (Å²) >= 11 is 0. The number of carbonyl (C=O) groups is 1. The molecule has 1 aliphatic heterocycles. The number of hydrogen-bond donors (Lipinski definition) is 1. The van der Waals surface area contributed by atoms with Gasteiger partial charge in [-0.25, -0.2) is 9.18 Å². The number of alkyl halides is 1. The van der Waals surface area contributed by atoms with Crippen molar-refractivity contribution in [3.05, 3.63) is 11.8 Å². The van der Waals surface area contributed by atoms with Gasteiger partial charge < -0.3 is 15.0 Å². The second-order valence-corrected chi connectivity index (χ2v) is 7.74. The Morgan fingerprint density at radius 1 is 1.32 bits per heavy atom. The zero-order valence-corrected chi connectivity index (χ0v) is 14.4. The van der Waals surface area contributed by atoms with Gasteiger partial charge in [0.05, 0.1) is 0 Å². The van der Waals surface area contributed by atoms with Gasteiger partial charge in [0.1, 0.15) is 5.60 Å². The van der Waals surface area contributed by atoms with Gasteiger partial charge in [-0.15, -0.1) is 0 Å². The van der Waals surface area contributed by atoms with Gasteiger partial charge in [-0.05, 0) is 71.4 Å². The average molecular weight is 312 g/mol. The van der Waals surface area contributed by atoms with E-state index < -0.39 is 11.9 Å². The first-order valence-electron chi connectivity index (χ1n) is 8.20. The Morgan fingerprint density at radius 3 is 2.32 bits per heavy atom. The van der Waals surface area contributed by atoms with E-state index >= 15 is 0 Å². The van der Waals surface area contributed by atoms with Crippen LogP contribution in [0, 0.1) is 17.8 Å². The molecule has 0 radical (unpaired) electrons. The van der Waals surface area contributed by atoms with Crippen LogP contribution in [-0.4, -0.2) is 36.0 Å². The van der Waals surface area contributed by atoms with Gasteiger partial charge in [-0.3, -0.25) is 0 Å². The van der Waals surface area contributed by atoms with Crippen molar-refractivity contribution in [3.8, 4) is 0 Å². The minimum atomic E-state index is -1.02. The minimum absolute atomic E-state index is 0.196. The lowest BCUT2D eigenvalue weighted by Gasteiger charge is -2.25. The molecule has 3 atom stereocenters. The number of nitrogens with one attached hydrogen (secondary N) is 1. The Hall–Kier alpha value is -1.26. The normalized spacial score (nSPS) is 30.2. The Kier molecular flexibility index (Phi) is 5.03. The topological polar surface area (TPSA) is 41.6 Å². The van der Waals surface area contributed by atoms with Crippen molar-refractivity contribution in [3.63, 3.8) is 0 Å². The molecule has 1 amide bonds. The third-order valence-corrected chi connectivity index (χ3v) is 4.59. The van der Waals surface area contributed by atoms with Crippen molar-refractivity contribution in [1.29, 1.82) is 0 Å². The number of halogens is 1. The standard InChI is InChI=1S/C17H29FN2O2/c1-11(8-19-12(2)18)13-6-14-9-20(10-15(14)7-13)16(21)22-17(3,4)5/h8,12-15,19H,6-7,9-10H2,1-5H3/b11-8+. The van der Waals surface area contributed by atoms with Crippen molar-refractivity contribution in [2.24, 2.45) is 17.8 Å². The van der Waals surface area contributed by atoms with Crippen molar-refractivity contribution in [2.75, 3.05) is 13.1 Å². The summed E-state index contributed by atoms with van der Waals surface area (Å²) in [5.41, 5.74) is 0.772. The van der Waals surface area contributed by atoms with Crippen molar-refractivity contribution in [1.82, 2.24) is 10.2 Å². The Balaban J connectivity index is 1.85. The van der Waals surface area contributed by atoms with Crippen LogP contribution >= 0.6 is 0 Å². The number of likely N-dealkylation sites (tertiary alicyclic amines) is 1. The van der Waals surface area contributed by atoms with E-state index in [2.05, 4.69) is 12.2 Å². The van der Waals surface area contributed by atoms with E-state index in [1.54, 1.807) is 0 Å².